The van der Waals surface area contributed by atoms with E-state index in [2.05, 4.69) is 0 Å². The second-order valence-corrected chi connectivity index (χ2v) is 4.83. The van der Waals surface area contributed by atoms with Crippen molar-refractivity contribution in [3.05, 3.63) is 65.0 Å². The first-order valence-corrected chi connectivity index (χ1v) is 6.50. The molecule has 106 valence electrons. The van der Waals surface area contributed by atoms with Gasteiger partial charge < -0.3 is 10.0 Å². The van der Waals surface area contributed by atoms with E-state index in [1.54, 1.807) is 12.1 Å². The predicted molar refractivity (Wildman–Crippen MR) is 75.2 cm³/mol. The molecule has 5 heteroatoms. The van der Waals surface area contributed by atoms with Crippen molar-refractivity contribution in [2.75, 3.05) is 11.4 Å². The summed E-state index contributed by atoms with van der Waals surface area (Å²) in [5, 5.41) is 8.97. The number of fused-ring (bicyclic) bond motifs is 1. The van der Waals surface area contributed by atoms with Crippen molar-refractivity contribution in [2.45, 2.75) is 6.42 Å². The van der Waals surface area contributed by atoms with Gasteiger partial charge in [-0.3, -0.25) is 4.79 Å². The van der Waals surface area contributed by atoms with E-state index in [9.17, 15) is 14.0 Å². The molecular weight excluding hydrogens is 273 g/mol. The molecule has 0 spiro atoms. The maximum atomic E-state index is 13.4. The highest BCUT2D eigenvalue weighted by Crippen LogP contribution is 2.26. The lowest BCUT2D eigenvalue weighted by atomic mass is 9.98. The second kappa shape index (κ2) is 5.01. The van der Waals surface area contributed by atoms with Gasteiger partial charge in [0.1, 0.15) is 5.82 Å². The highest BCUT2D eigenvalue weighted by atomic mass is 19.1. The number of anilines is 1. The Hall–Kier alpha value is -2.69. The molecule has 0 bridgehead atoms. The van der Waals surface area contributed by atoms with Crippen LogP contribution in [0.1, 0.15) is 26.3 Å². The third-order valence-electron chi connectivity index (χ3n) is 3.59. The third kappa shape index (κ3) is 2.27. The highest BCUT2D eigenvalue weighted by Gasteiger charge is 2.26. The zero-order valence-corrected chi connectivity index (χ0v) is 11.0. The quantitative estimate of drug-likeness (QED) is 0.923. The van der Waals surface area contributed by atoms with Crippen LogP contribution in [-0.2, 0) is 6.42 Å². The lowest BCUT2D eigenvalue weighted by Crippen LogP contribution is -2.37. The molecule has 3 rings (SSSR count). The van der Waals surface area contributed by atoms with E-state index in [0.29, 0.717) is 24.2 Å². The van der Waals surface area contributed by atoms with Crippen molar-refractivity contribution in [3.8, 4) is 0 Å². The Kier molecular flexibility index (Phi) is 3.17. The van der Waals surface area contributed by atoms with E-state index < -0.39 is 17.3 Å². The molecule has 0 saturated carbocycles. The Morgan fingerprint density at radius 2 is 1.95 bits per heavy atom. The van der Waals surface area contributed by atoms with Crippen LogP contribution in [0.4, 0.5) is 10.1 Å². The fourth-order valence-corrected chi connectivity index (χ4v) is 2.52. The number of carboxylic acid groups (broad SMARTS) is 1. The molecule has 0 atom stereocenters. The van der Waals surface area contributed by atoms with Crippen LogP contribution in [0.5, 0.6) is 0 Å². The number of hydrogen-bond acceptors (Lipinski definition) is 2. The lowest BCUT2D eigenvalue weighted by Gasteiger charge is -2.28. The Labute approximate surface area is 120 Å². The van der Waals surface area contributed by atoms with Gasteiger partial charge in [0.15, 0.2) is 0 Å². The Morgan fingerprint density at radius 1 is 1.19 bits per heavy atom. The summed E-state index contributed by atoms with van der Waals surface area (Å²) in [6.07, 6.45) is 0.682. The molecule has 0 fully saturated rings. The number of aromatic carboxylic acids is 1. The van der Waals surface area contributed by atoms with E-state index in [1.165, 1.54) is 17.0 Å². The summed E-state index contributed by atoms with van der Waals surface area (Å²) in [5.74, 6) is -2.35. The van der Waals surface area contributed by atoms with Gasteiger partial charge in [-0.15, -0.1) is 0 Å². The average molecular weight is 285 g/mol. The van der Waals surface area contributed by atoms with Crippen LogP contribution in [-0.4, -0.2) is 23.5 Å². The number of carbonyl (C=O) groups is 2. The normalized spacial score (nSPS) is 14.0. The minimum atomic E-state index is -1.35. The van der Waals surface area contributed by atoms with Crippen molar-refractivity contribution in [3.63, 3.8) is 0 Å². The number of hydrogen-bond donors (Lipinski definition) is 1. The molecule has 21 heavy (non-hydrogen) atoms. The van der Waals surface area contributed by atoms with Crippen molar-refractivity contribution in [1.82, 2.24) is 0 Å². The van der Waals surface area contributed by atoms with E-state index in [0.717, 1.165) is 11.6 Å². The number of rotatable bonds is 2. The van der Waals surface area contributed by atoms with Crippen molar-refractivity contribution in [2.24, 2.45) is 0 Å². The molecule has 4 nitrogen and oxygen atoms in total. The van der Waals surface area contributed by atoms with E-state index in [-0.39, 0.29) is 5.91 Å². The zero-order chi connectivity index (χ0) is 15.0. The van der Waals surface area contributed by atoms with Crippen molar-refractivity contribution < 1.29 is 19.1 Å². The van der Waals surface area contributed by atoms with Crippen LogP contribution in [0, 0.1) is 5.82 Å². The van der Waals surface area contributed by atoms with Gasteiger partial charge in [-0.05, 0) is 36.2 Å². The van der Waals surface area contributed by atoms with Gasteiger partial charge >= 0.3 is 5.97 Å². The van der Waals surface area contributed by atoms with E-state index >= 15 is 0 Å². The lowest BCUT2D eigenvalue weighted by molar-refractivity contribution is 0.0691. The van der Waals surface area contributed by atoms with E-state index in [1.807, 2.05) is 12.1 Å². The molecule has 1 heterocycles. The molecule has 1 aliphatic heterocycles. The number of amides is 1. The van der Waals surface area contributed by atoms with Crippen LogP contribution in [0.15, 0.2) is 42.5 Å². The van der Waals surface area contributed by atoms with Gasteiger partial charge in [-0.1, -0.05) is 18.2 Å². The molecule has 0 aliphatic carbocycles. The van der Waals surface area contributed by atoms with E-state index in [4.69, 9.17) is 5.11 Å². The van der Waals surface area contributed by atoms with Gasteiger partial charge in [-0.25, -0.2) is 9.18 Å². The summed E-state index contributed by atoms with van der Waals surface area (Å²) in [5.41, 5.74) is 1.54. The fourth-order valence-electron chi connectivity index (χ4n) is 2.52. The van der Waals surface area contributed by atoms with Gasteiger partial charge in [0.05, 0.1) is 5.56 Å². The smallest absolute Gasteiger partial charge is 0.338 e. The average Bonchev–Trinajstić information content (AvgIpc) is 2.48. The Morgan fingerprint density at radius 3 is 2.71 bits per heavy atom. The SMILES string of the molecule is O=C(O)c1cc(N2CCc3ccccc3C2=O)ccc1F. The standard InChI is InChI=1S/C16H12FNO3/c17-14-6-5-11(9-13(14)16(20)21)18-8-7-10-3-1-2-4-12(10)15(18)19/h1-6,9H,7-8H2,(H,20,21). The molecule has 1 aliphatic rings. The number of benzene rings is 2. The molecule has 1 N–H and O–H groups in total. The van der Waals surface area contributed by atoms with Crippen LogP contribution >= 0.6 is 0 Å². The minimum Gasteiger partial charge on any atom is -0.478 e. The number of carboxylic acids is 1. The Bertz CT molecular complexity index is 742. The molecule has 1 amide bonds. The van der Waals surface area contributed by atoms with Crippen molar-refractivity contribution in [1.29, 1.82) is 0 Å². The maximum absolute atomic E-state index is 13.4. The van der Waals surface area contributed by atoms with Crippen LogP contribution in [0.3, 0.4) is 0 Å². The first kappa shape index (κ1) is 13.3. The maximum Gasteiger partial charge on any atom is 0.338 e. The monoisotopic (exact) mass is 285 g/mol. The summed E-state index contributed by atoms with van der Waals surface area (Å²) < 4.78 is 13.4. The van der Waals surface area contributed by atoms with Gasteiger partial charge in [0.25, 0.3) is 5.91 Å². The minimum absolute atomic E-state index is 0.195. The first-order valence-electron chi connectivity index (χ1n) is 6.50. The van der Waals surface area contributed by atoms with Crippen LogP contribution < -0.4 is 4.90 Å². The summed E-state index contributed by atoms with van der Waals surface area (Å²) in [6, 6.07) is 11.0. The molecule has 2 aromatic rings. The molecule has 2 aromatic carbocycles. The summed E-state index contributed by atoms with van der Waals surface area (Å²) in [4.78, 5) is 24.9. The highest BCUT2D eigenvalue weighted by molar-refractivity contribution is 6.08. The summed E-state index contributed by atoms with van der Waals surface area (Å²) in [6.45, 7) is 0.445. The zero-order valence-electron chi connectivity index (χ0n) is 11.0. The first-order chi connectivity index (χ1) is 10.1. The topological polar surface area (TPSA) is 57.6 Å². The second-order valence-electron chi connectivity index (χ2n) is 4.83. The number of nitrogens with zero attached hydrogens (tertiary/aromatic N) is 1. The van der Waals surface area contributed by atoms with Gasteiger partial charge in [0.2, 0.25) is 0 Å². The summed E-state index contributed by atoms with van der Waals surface area (Å²) in [7, 11) is 0. The predicted octanol–water partition coefficient (Wildman–Crippen LogP) is 2.73. The molecular formula is C16H12FNO3. The van der Waals surface area contributed by atoms with Crippen molar-refractivity contribution >= 4 is 17.6 Å². The number of carbonyl (C=O) groups excluding carboxylic acids is 1. The molecule has 0 aromatic heterocycles. The molecule has 0 unspecified atom stereocenters. The van der Waals surface area contributed by atoms with Gasteiger partial charge in [0, 0.05) is 17.8 Å². The number of halogens is 1. The van der Waals surface area contributed by atoms with Crippen LogP contribution in [0.2, 0.25) is 0 Å². The molecule has 0 radical (unpaired) electrons. The molecule has 0 saturated heterocycles. The largest absolute Gasteiger partial charge is 0.478 e. The Balaban J connectivity index is 2.01. The summed E-state index contributed by atoms with van der Waals surface area (Å²) >= 11 is 0. The van der Waals surface area contributed by atoms with Gasteiger partial charge in [-0.2, -0.15) is 0 Å². The van der Waals surface area contributed by atoms with Crippen LogP contribution in [0.25, 0.3) is 0 Å². The third-order valence-corrected chi connectivity index (χ3v) is 3.59. The fraction of sp³-hybridized carbons (Fsp3) is 0.125.